The zero-order valence-corrected chi connectivity index (χ0v) is 17.8. The molecule has 9 heteroatoms. The summed E-state index contributed by atoms with van der Waals surface area (Å²) in [5.74, 6) is 0.609. The zero-order valence-electron chi connectivity index (χ0n) is 15.4. The second-order valence-corrected chi connectivity index (χ2v) is 7.69. The number of benzene rings is 1. The van der Waals surface area contributed by atoms with Gasteiger partial charge in [0.2, 0.25) is 0 Å². The molecule has 0 unspecified atom stereocenters. The first-order chi connectivity index (χ1) is 12.7. The van der Waals surface area contributed by atoms with Crippen LogP contribution in [0.4, 0.5) is 0 Å². The molecule has 1 aromatic carbocycles. The van der Waals surface area contributed by atoms with Crippen LogP contribution in [0.2, 0.25) is 0 Å². The Morgan fingerprint density at radius 2 is 1.96 bits per heavy atom. The van der Waals surface area contributed by atoms with E-state index < -0.39 is 0 Å². The van der Waals surface area contributed by atoms with Gasteiger partial charge in [0.25, 0.3) is 5.91 Å². The summed E-state index contributed by atoms with van der Waals surface area (Å²) in [5, 5.41) is 4.98. The summed E-state index contributed by atoms with van der Waals surface area (Å²) in [7, 11) is 1.87. The first-order valence-electron chi connectivity index (χ1n) is 8.65. The van der Waals surface area contributed by atoms with Crippen molar-refractivity contribution in [1.29, 1.82) is 0 Å². The highest BCUT2D eigenvalue weighted by Gasteiger charge is 2.36. The second-order valence-electron chi connectivity index (χ2n) is 6.66. The number of halogens is 2. The Morgan fingerprint density at radius 1 is 1.21 bits per heavy atom. The van der Waals surface area contributed by atoms with Crippen LogP contribution >= 0.6 is 36.2 Å². The van der Waals surface area contributed by atoms with Gasteiger partial charge in [0.1, 0.15) is 9.88 Å². The molecule has 1 aliphatic rings. The van der Waals surface area contributed by atoms with Gasteiger partial charge in [-0.15, -0.1) is 36.2 Å². The van der Waals surface area contributed by atoms with Crippen LogP contribution in [-0.4, -0.2) is 45.2 Å². The average molecular weight is 440 g/mol. The van der Waals surface area contributed by atoms with Crippen molar-refractivity contribution in [1.82, 2.24) is 19.7 Å². The number of thiazole rings is 1. The molecule has 2 N–H and O–H groups in total. The van der Waals surface area contributed by atoms with Gasteiger partial charge in [0.15, 0.2) is 0 Å². The van der Waals surface area contributed by atoms with E-state index in [1.807, 2.05) is 36.3 Å². The molecule has 2 atom stereocenters. The lowest BCUT2D eigenvalue weighted by Crippen LogP contribution is -2.29. The maximum atomic E-state index is 13.0. The number of nitrogens with zero attached hydrogens (tertiary/aromatic N) is 4. The first-order valence-corrected chi connectivity index (χ1v) is 9.46. The Kier molecular flexibility index (Phi) is 7.60. The molecule has 1 aliphatic heterocycles. The number of nitrogens with two attached hydrogens (primary N) is 1. The Morgan fingerprint density at radius 3 is 2.61 bits per heavy atom. The average Bonchev–Trinajstić information content (AvgIpc) is 3.40. The number of hydrogen-bond acceptors (Lipinski definition) is 5. The fraction of sp³-hybridized carbons (Fsp3) is 0.316. The van der Waals surface area contributed by atoms with Gasteiger partial charge in [-0.3, -0.25) is 9.48 Å². The Balaban J connectivity index is 0.00000140. The fourth-order valence-electron chi connectivity index (χ4n) is 3.55. The van der Waals surface area contributed by atoms with Gasteiger partial charge in [-0.1, -0.05) is 30.3 Å². The van der Waals surface area contributed by atoms with E-state index in [-0.39, 0.29) is 42.6 Å². The van der Waals surface area contributed by atoms with Gasteiger partial charge in [0.05, 0.1) is 12.4 Å². The van der Waals surface area contributed by atoms with Crippen molar-refractivity contribution in [2.45, 2.75) is 5.92 Å². The lowest BCUT2D eigenvalue weighted by atomic mass is 9.89. The molecule has 0 bridgehead atoms. The summed E-state index contributed by atoms with van der Waals surface area (Å²) in [5.41, 5.74) is 8.17. The molecule has 1 saturated heterocycles. The molecule has 150 valence electrons. The Labute approximate surface area is 180 Å². The maximum Gasteiger partial charge on any atom is 0.265 e. The summed E-state index contributed by atoms with van der Waals surface area (Å²) < 4.78 is 1.73. The van der Waals surface area contributed by atoms with E-state index >= 15 is 0 Å². The smallest absolute Gasteiger partial charge is 0.265 e. The number of carbonyl (C=O) groups is 1. The van der Waals surface area contributed by atoms with Crippen LogP contribution in [0.3, 0.4) is 0 Å². The predicted octanol–water partition coefficient (Wildman–Crippen LogP) is 3.20. The molecule has 2 aromatic heterocycles. The quantitative estimate of drug-likeness (QED) is 0.676. The van der Waals surface area contributed by atoms with Crippen LogP contribution in [-0.2, 0) is 7.05 Å². The van der Waals surface area contributed by atoms with Crippen LogP contribution < -0.4 is 5.73 Å². The van der Waals surface area contributed by atoms with Crippen molar-refractivity contribution < 1.29 is 4.79 Å². The van der Waals surface area contributed by atoms with Crippen molar-refractivity contribution in [3.05, 3.63) is 59.4 Å². The minimum Gasteiger partial charge on any atom is -0.337 e. The molecule has 0 aliphatic carbocycles. The number of aromatic nitrogens is 3. The minimum absolute atomic E-state index is 0. The van der Waals surface area contributed by atoms with Gasteiger partial charge in [0, 0.05) is 37.8 Å². The third-order valence-electron chi connectivity index (χ3n) is 4.93. The molecule has 0 saturated carbocycles. The van der Waals surface area contributed by atoms with Crippen LogP contribution in [0.5, 0.6) is 0 Å². The molecule has 1 amide bonds. The number of likely N-dealkylation sites (tertiary alicyclic amines) is 1. The highest BCUT2D eigenvalue weighted by molar-refractivity contribution is 7.16. The van der Waals surface area contributed by atoms with Crippen molar-refractivity contribution in [3.63, 3.8) is 0 Å². The molecule has 1 fully saturated rings. The second kappa shape index (κ2) is 9.52. The highest BCUT2D eigenvalue weighted by atomic mass is 35.5. The largest absolute Gasteiger partial charge is 0.337 e. The summed E-state index contributed by atoms with van der Waals surface area (Å²) in [6.07, 6.45) is 5.33. The molecule has 6 nitrogen and oxygen atoms in total. The summed E-state index contributed by atoms with van der Waals surface area (Å²) in [6, 6.07) is 10.3. The topological polar surface area (TPSA) is 77.0 Å². The van der Waals surface area contributed by atoms with Crippen LogP contribution in [0, 0.1) is 5.92 Å². The predicted molar refractivity (Wildman–Crippen MR) is 116 cm³/mol. The fourth-order valence-corrected chi connectivity index (χ4v) is 4.41. The van der Waals surface area contributed by atoms with E-state index in [4.69, 9.17) is 5.73 Å². The van der Waals surface area contributed by atoms with Crippen molar-refractivity contribution >= 4 is 42.1 Å². The minimum atomic E-state index is 0. The van der Waals surface area contributed by atoms with E-state index in [9.17, 15) is 4.79 Å². The van der Waals surface area contributed by atoms with Gasteiger partial charge >= 0.3 is 0 Å². The van der Waals surface area contributed by atoms with Crippen LogP contribution in [0.15, 0.2) is 48.9 Å². The molecule has 3 heterocycles. The molecule has 0 spiro atoms. The molecule has 3 aromatic rings. The van der Waals surface area contributed by atoms with Crippen molar-refractivity contribution in [3.8, 4) is 10.6 Å². The highest BCUT2D eigenvalue weighted by Crippen LogP contribution is 2.34. The van der Waals surface area contributed by atoms with E-state index in [1.54, 1.807) is 17.1 Å². The zero-order chi connectivity index (χ0) is 18.1. The van der Waals surface area contributed by atoms with E-state index in [2.05, 4.69) is 22.2 Å². The molecular weight excluding hydrogens is 417 g/mol. The van der Waals surface area contributed by atoms with Gasteiger partial charge in [-0.2, -0.15) is 5.10 Å². The van der Waals surface area contributed by atoms with Gasteiger partial charge in [-0.05, 0) is 18.0 Å². The van der Waals surface area contributed by atoms with E-state index in [0.29, 0.717) is 24.5 Å². The monoisotopic (exact) mass is 439 g/mol. The SMILES string of the molecule is Cl.Cl.Cn1cc(-c2ncc(C(=O)N3C[C@@H](CN)[C@H](c4ccccc4)C3)s2)cn1. The maximum absolute atomic E-state index is 13.0. The van der Waals surface area contributed by atoms with Gasteiger partial charge < -0.3 is 10.6 Å². The van der Waals surface area contributed by atoms with Crippen LogP contribution in [0.25, 0.3) is 10.6 Å². The number of carbonyl (C=O) groups excluding carboxylic acids is 1. The van der Waals surface area contributed by atoms with Gasteiger partial charge in [-0.25, -0.2) is 4.98 Å². The summed E-state index contributed by atoms with van der Waals surface area (Å²) in [6.45, 7) is 1.97. The standard InChI is InChI=1S/C19H21N5OS.2ClH/c1-23-10-15(8-22-23)18-21-9-17(26-18)19(25)24-11-14(7-20)16(12-24)13-5-3-2-4-6-13;;/h2-6,8-10,14,16H,7,11-12,20H2,1H3;2*1H/t14-,16+;;/m1../s1. The Bertz CT molecular complexity index is 914. The normalized spacial score (nSPS) is 18.4. The van der Waals surface area contributed by atoms with Crippen molar-refractivity contribution in [2.75, 3.05) is 19.6 Å². The number of amides is 1. The van der Waals surface area contributed by atoms with Crippen molar-refractivity contribution in [2.24, 2.45) is 18.7 Å². The third kappa shape index (κ3) is 4.38. The summed E-state index contributed by atoms with van der Waals surface area (Å²) >= 11 is 1.41. The Hall–Kier alpha value is -1.93. The molecule has 0 radical (unpaired) electrons. The number of aryl methyl sites for hydroxylation is 1. The molecular formula is C19H23Cl2N5OS. The first kappa shape index (κ1) is 22.4. The van der Waals surface area contributed by atoms with E-state index in [1.165, 1.54) is 16.9 Å². The number of hydrogen-bond donors (Lipinski definition) is 1. The summed E-state index contributed by atoms with van der Waals surface area (Å²) in [4.78, 5) is 19.9. The lowest BCUT2D eigenvalue weighted by molar-refractivity contribution is 0.0791. The molecule has 28 heavy (non-hydrogen) atoms. The lowest BCUT2D eigenvalue weighted by Gasteiger charge is -2.16. The third-order valence-corrected chi connectivity index (χ3v) is 5.96. The number of rotatable bonds is 4. The van der Waals surface area contributed by atoms with Crippen LogP contribution in [0.1, 0.15) is 21.2 Å². The van der Waals surface area contributed by atoms with E-state index in [0.717, 1.165) is 10.6 Å². The molecule has 4 rings (SSSR count).